The first-order valence-electron chi connectivity index (χ1n) is 9.77. The highest BCUT2D eigenvalue weighted by Gasteiger charge is 2.49. The van der Waals surface area contributed by atoms with Crippen LogP contribution >= 0.6 is 0 Å². The zero-order valence-corrected chi connectivity index (χ0v) is 16.2. The lowest BCUT2D eigenvalue weighted by molar-refractivity contribution is -0.157. The molecule has 2 aliphatic rings. The minimum atomic E-state index is -1.22. The molecule has 3 N–H and O–H groups in total. The fourth-order valence-corrected chi connectivity index (χ4v) is 4.28. The van der Waals surface area contributed by atoms with E-state index in [2.05, 4.69) is 6.07 Å². The number of hydrogen-bond donors (Lipinski definition) is 3. The van der Waals surface area contributed by atoms with Gasteiger partial charge in [0.1, 0.15) is 11.2 Å². The van der Waals surface area contributed by atoms with Crippen LogP contribution in [0.15, 0.2) is 42.5 Å². The highest BCUT2D eigenvalue weighted by Crippen LogP contribution is 2.36. The zero-order chi connectivity index (χ0) is 20.9. The molecule has 1 aliphatic heterocycles. The Bertz CT molecular complexity index is 858. The Balaban J connectivity index is 0.000000755. The first-order valence-corrected chi connectivity index (χ1v) is 9.77. The number of aliphatic hydroxyl groups excluding tert-OH is 1. The molecule has 2 aromatic rings. The van der Waals surface area contributed by atoms with Crippen molar-refractivity contribution in [2.75, 3.05) is 18.0 Å². The topological polar surface area (TPSA) is 111 Å². The minimum absolute atomic E-state index is 0.250. The van der Waals surface area contributed by atoms with Gasteiger partial charge in [-0.2, -0.15) is 0 Å². The van der Waals surface area contributed by atoms with Crippen LogP contribution in [0.1, 0.15) is 29.7 Å². The van der Waals surface area contributed by atoms with E-state index >= 15 is 0 Å². The fraction of sp³-hybridized carbons (Fsp3) is 0.409. The number of carboxylic acids is 1. The number of aliphatic hydroxyl groups is 1. The van der Waals surface area contributed by atoms with E-state index in [1.165, 1.54) is 5.56 Å². The lowest BCUT2D eigenvalue weighted by Crippen LogP contribution is -2.57. The van der Waals surface area contributed by atoms with Crippen LogP contribution in [0.5, 0.6) is 0 Å². The van der Waals surface area contributed by atoms with Gasteiger partial charge in [0.15, 0.2) is 0 Å². The van der Waals surface area contributed by atoms with Crippen LogP contribution in [-0.4, -0.2) is 51.9 Å². The number of nitrogens with zero attached hydrogens (tertiary/aromatic N) is 2. The van der Waals surface area contributed by atoms with E-state index in [-0.39, 0.29) is 13.0 Å². The number of hydrogen-bond acceptors (Lipinski definition) is 5. The quantitative estimate of drug-likeness (QED) is 0.677. The maximum atomic E-state index is 12.2. The highest BCUT2D eigenvalue weighted by molar-refractivity contribution is 5.77. The summed E-state index contributed by atoms with van der Waals surface area (Å²) in [5, 5.41) is 27.6. The molecule has 1 aromatic heterocycles. The Hall–Kier alpha value is -2.93. The largest absolute Gasteiger partial charge is 0.483 e. The molecule has 0 amide bonds. The van der Waals surface area contributed by atoms with Crippen LogP contribution in [0.3, 0.4) is 0 Å². The Morgan fingerprint density at radius 3 is 2.62 bits per heavy atom. The van der Waals surface area contributed by atoms with Crippen molar-refractivity contribution in [1.29, 1.82) is 0 Å². The predicted octanol–water partition coefficient (Wildman–Crippen LogP) is 2.16. The molecule has 1 saturated heterocycles. The summed E-state index contributed by atoms with van der Waals surface area (Å²) >= 11 is 0. The number of anilines is 1. The van der Waals surface area contributed by atoms with Crippen molar-refractivity contribution in [1.82, 2.24) is 4.98 Å². The summed E-state index contributed by atoms with van der Waals surface area (Å²) in [7, 11) is 0. The summed E-state index contributed by atoms with van der Waals surface area (Å²) in [6.45, 7) is 0.640. The average Bonchev–Trinajstić information content (AvgIpc) is 3.19. The van der Waals surface area contributed by atoms with Crippen LogP contribution in [0.25, 0.3) is 0 Å². The molecule has 1 fully saturated rings. The minimum Gasteiger partial charge on any atom is -0.483 e. The number of carbonyl (C=O) groups is 2. The molecular formula is C22H26N2O5. The van der Waals surface area contributed by atoms with E-state index in [1.54, 1.807) is 0 Å². The second kappa shape index (κ2) is 9.05. The lowest BCUT2D eigenvalue weighted by Gasteiger charge is -2.44. The van der Waals surface area contributed by atoms with Crippen molar-refractivity contribution >= 4 is 18.3 Å². The summed E-state index contributed by atoms with van der Waals surface area (Å²) in [6, 6.07) is 13.7. The third-order valence-electron chi connectivity index (χ3n) is 5.81. The number of fused-ring (bicyclic) bond motifs is 1. The Morgan fingerprint density at radius 1 is 1.21 bits per heavy atom. The van der Waals surface area contributed by atoms with Gasteiger partial charge in [-0.05, 0) is 49.3 Å². The molecule has 0 radical (unpaired) electrons. The van der Waals surface area contributed by atoms with Crippen molar-refractivity contribution in [3.05, 3.63) is 59.3 Å². The number of pyridine rings is 1. The van der Waals surface area contributed by atoms with Crippen molar-refractivity contribution < 1.29 is 24.9 Å². The number of aromatic nitrogens is 1. The van der Waals surface area contributed by atoms with Gasteiger partial charge in [-0.1, -0.05) is 36.4 Å². The summed E-state index contributed by atoms with van der Waals surface area (Å²) in [5.74, 6) is -0.115. The molecule has 29 heavy (non-hydrogen) atoms. The van der Waals surface area contributed by atoms with Gasteiger partial charge in [0.05, 0.1) is 6.10 Å². The zero-order valence-electron chi connectivity index (χ0n) is 16.2. The average molecular weight is 398 g/mol. The van der Waals surface area contributed by atoms with Crippen molar-refractivity contribution in [3.8, 4) is 0 Å². The molecule has 0 saturated carbocycles. The van der Waals surface area contributed by atoms with Crippen LogP contribution in [0.2, 0.25) is 0 Å². The molecule has 0 unspecified atom stereocenters. The molecule has 7 nitrogen and oxygen atoms in total. The van der Waals surface area contributed by atoms with Crippen LogP contribution < -0.4 is 4.90 Å². The van der Waals surface area contributed by atoms with Crippen LogP contribution in [-0.2, 0) is 28.9 Å². The van der Waals surface area contributed by atoms with E-state index in [9.17, 15) is 15.0 Å². The normalized spacial score (nSPS) is 22.9. The van der Waals surface area contributed by atoms with Gasteiger partial charge in [0.2, 0.25) is 0 Å². The van der Waals surface area contributed by atoms with Crippen LogP contribution in [0.4, 0.5) is 5.82 Å². The Morgan fingerprint density at radius 2 is 1.93 bits per heavy atom. The highest BCUT2D eigenvalue weighted by atomic mass is 16.4. The number of aryl methyl sites for hydroxylation is 2. The van der Waals surface area contributed by atoms with E-state index in [1.807, 2.05) is 41.3 Å². The van der Waals surface area contributed by atoms with E-state index in [0.717, 1.165) is 36.3 Å². The van der Waals surface area contributed by atoms with Gasteiger partial charge in [-0.3, -0.25) is 9.59 Å². The third-order valence-corrected chi connectivity index (χ3v) is 5.81. The summed E-state index contributed by atoms with van der Waals surface area (Å²) < 4.78 is 0. The second-order valence-corrected chi connectivity index (χ2v) is 7.58. The van der Waals surface area contributed by atoms with Crippen LogP contribution in [0, 0.1) is 5.41 Å². The summed E-state index contributed by atoms with van der Waals surface area (Å²) in [6.07, 6.45) is 3.08. The van der Waals surface area contributed by atoms with E-state index in [4.69, 9.17) is 14.9 Å². The maximum Gasteiger partial charge on any atom is 0.314 e. The van der Waals surface area contributed by atoms with E-state index in [0.29, 0.717) is 19.4 Å². The van der Waals surface area contributed by atoms with E-state index < -0.39 is 17.5 Å². The molecule has 0 bridgehead atoms. The Kier molecular flexibility index (Phi) is 6.49. The maximum absolute atomic E-state index is 12.2. The molecule has 2 heterocycles. The van der Waals surface area contributed by atoms with Crippen molar-refractivity contribution in [2.24, 2.45) is 5.41 Å². The molecular weight excluding hydrogens is 372 g/mol. The molecule has 2 atom stereocenters. The second-order valence-electron chi connectivity index (χ2n) is 7.58. The first kappa shape index (κ1) is 20.8. The van der Waals surface area contributed by atoms with Gasteiger partial charge in [0.25, 0.3) is 6.47 Å². The smallest absolute Gasteiger partial charge is 0.314 e. The number of rotatable bonds is 4. The van der Waals surface area contributed by atoms with Gasteiger partial charge < -0.3 is 20.2 Å². The molecule has 1 aromatic carbocycles. The first-order chi connectivity index (χ1) is 14.0. The molecule has 7 heteroatoms. The Labute approximate surface area is 169 Å². The lowest BCUT2D eigenvalue weighted by atomic mass is 9.73. The monoisotopic (exact) mass is 398 g/mol. The predicted molar refractivity (Wildman–Crippen MR) is 108 cm³/mol. The number of piperidine rings is 1. The molecule has 4 rings (SSSR count). The third kappa shape index (κ3) is 4.40. The number of aliphatic carboxylic acids is 1. The fourth-order valence-electron chi connectivity index (χ4n) is 4.28. The van der Waals surface area contributed by atoms with Crippen molar-refractivity contribution in [3.63, 3.8) is 0 Å². The standard InChI is InChI=1S/C21H24N2O3.CH2O2/c24-18-11-12-23(19-10-9-16-7-4-8-17(16)22-19)14-21(18,20(25)26)13-15-5-2-1-3-6-15;2-1-3/h1-3,5-6,9-10,18,24H,4,7-8,11-14H2,(H,25,26);1H,(H,2,3)/t18-,21-;/m0./s1. The number of carboxylic acid groups (broad SMARTS) is 2. The van der Waals surface area contributed by atoms with Gasteiger partial charge in [0, 0.05) is 18.8 Å². The SMILES string of the molecule is O=C(O)[C@@]1(Cc2ccccc2)CN(c2ccc3c(n2)CCC3)CC[C@@H]1O.O=CO. The van der Waals surface area contributed by atoms with Gasteiger partial charge in [-0.15, -0.1) is 0 Å². The molecule has 1 aliphatic carbocycles. The van der Waals surface area contributed by atoms with Gasteiger partial charge in [-0.25, -0.2) is 4.98 Å². The molecule has 154 valence electrons. The summed E-state index contributed by atoms with van der Waals surface area (Å²) in [5.41, 5.74) is 2.15. The van der Waals surface area contributed by atoms with Gasteiger partial charge >= 0.3 is 5.97 Å². The molecule has 0 spiro atoms. The summed E-state index contributed by atoms with van der Waals surface area (Å²) in [4.78, 5) is 27.4. The number of benzene rings is 1. The van der Waals surface area contributed by atoms with Crippen molar-refractivity contribution in [2.45, 2.75) is 38.2 Å².